The summed E-state index contributed by atoms with van der Waals surface area (Å²) in [6, 6.07) is 9.82. The van der Waals surface area contributed by atoms with Crippen LogP contribution in [-0.4, -0.2) is 6.54 Å². The summed E-state index contributed by atoms with van der Waals surface area (Å²) < 4.78 is 18.9. The molecule has 112 valence electrons. The Bertz CT molecular complexity index is 619. The van der Waals surface area contributed by atoms with Crippen molar-refractivity contribution in [1.82, 2.24) is 5.32 Å². The molecule has 0 saturated heterocycles. The lowest BCUT2D eigenvalue weighted by atomic mass is 10.2. The molecule has 2 rings (SSSR count). The Morgan fingerprint density at radius 1 is 1.10 bits per heavy atom. The molecule has 0 radical (unpaired) electrons. The number of nitrogens with one attached hydrogen (secondary N) is 1. The summed E-state index contributed by atoms with van der Waals surface area (Å²) in [5.74, 6) is 0.318. The van der Waals surface area contributed by atoms with Gasteiger partial charge in [-0.1, -0.05) is 36.2 Å². The van der Waals surface area contributed by atoms with Gasteiger partial charge in [-0.2, -0.15) is 0 Å². The molecule has 2 aromatic carbocycles. The lowest BCUT2D eigenvalue weighted by Crippen LogP contribution is -2.13. The second-order valence-electron chi connectivity index (χ2n) is 4.62. The van der Waals surface area contributed by atoms with Crippen molar-refractivity contribution >= 4 is 23.2 Å². The highest BCUT2D eigenvalue weighted by atomic mass is 35.5. The predicted octanol–water partition coefficient (Wildman–Crippen LogP) is 5.42. The second kappa shape index (κ2) is 7.64. The summed E-state index contributed by atoms with van der Waals surface area (Å²) in [5.41, 5.74) is 1.07. The maximum Gasteiger partial charge on any atom is 0.146 e. The molecular weight excluding hydrogens is 312 g/mol. The largest absolute Gasteiger partial charge is 0.456 e. The van der Waals surface area contributed by atoms with Crippen LogP contribution in [0.5, 0.6) is 11.5 Å². The van der Waals surface area contributed by atoms with E-state index in [0.717, 1.165) is 25.1 Å². The van der Waals surface area contributed by atoms with E-state index >= 15 is 0 Å². The zero-order valence-corrected chi connectivity index (χ0v) is 13.1. The highest BCUT2D eigenvalue weighted by Crippen LogP contribution is 2.31. The van der Waals surface area contributed by atoms with Crippen LogP contribution in [0.15, 0.2) is 36.4 Å². The van der Waals surface area contributed by atoms with Gasteiger partial charge in [0.15, 0.2) is 0 Å². The van der Waals surface area contributed by atoms with Gasteiger partial charge in [0.25, 0.3) is 0 Å². The van der Waals surface area contributed by atoms with Gasteiger partial charge in [-0.3, -0.25) is 0 Å². The molecule has 21 heavy (non-hydrogen) atoms. The molecule has 5 heteroatoms. The van der Waals surface area contributed by atoms with E-state index < -0.39 is 5.82 Å². The molecule has 0 bridgehead atoms. The predicted molar refractivity (Wildman–Crippen MR) is 84.9 cm³/mol. The van der Waals surface area contributed by atoms with Gasteiger partial charge >= 0.3 is 0 Å². The number of halogens is 3. The molecule has 0 aliphatic heterocycles. The van der Waals surface area contributed by atoms with Crippen LogP contribution in [0.3, 0.4) is 0 Å². The third-order valence-corrected chi connectivity index (χ3v) is 3.47. The van der Waals surface area contributed by atoms with Crippen LogP contribution in [-0.2, 0) is 6.54 Å². The fraction of sp³-hybridized carbons (Fsp3) is 0.250. The minimum atomic E-state index is -0.523. The van der Waals surface area contributed by atoms with Gasteiger partial charge in [-0.05, 0) is 42.8 Å². The summed E-state index contributed by atoms with van der Waals surface area (Å²) in [4.78, 5) is 0. The lowest BCUT2D eigenvalue weighted by molar-refractivity contribution is 0.476. The van der Waals surface area contributed by atoms with E-state index in [2.05, 4.69) is 12.2 Å². The number of ether oxygens (including phenoxy) is 1. The molecule has 0 fully saturated rings. The van der Waals surface area contributed by atoms with Gasteiger partial charge in [0.05, 0.1) is 10.0 Å². The van der Waals surface area contributed by atoms with Crippen molar-refractivity contribution in [3.05, 3.63) is 57.8 Å². The Hall–Kier alpha value is -1.29. The van der Waals surface area contributed by atoms with Crippen molar-refractivity contribution in [2.75, 3.05) is 6.54 Å². The van der Waals surface area contributed by atoms with Crippen LogP contribution in [0.1, 0.15) is 18.9 Å². The van der Waals surface area contributed by atoms with E-state index in [1.54, 1.807) is 12.1 Å². The molecule has 2 aromatic rings. The van der Waals surface area contributed by atoms with Crippen molar-refractivity contribution in [3.63, 3.8) is 0 Å². The van der Waals surface area contributed by atoms with Gasteiger partial charge in [0.2, 0.25) is 0 Å². The highest BCUT2D eigenvalue weighted by Gasteiger charge is 2.07. The molecular formula is C16H16Cl2FNO. The van der Waals surface area contributed by atoms with Crippen LogP contribution in [0.2, 0.25) is 10.0 Å². The Kier molecular flexibility index (Phi) is 5.85. The van der Waals surface area contributed by atoms with Crippen LogP contribution in [0.25, 0.3) is 0 Å². The molecule has 2 nitrogen and oxygen atoms in total. The molecule has 0 amide bonds. The molecule has 0 heterocycles. The van der Waals surface area contributed by atoms with E-state index in [1.807, 2.05) is 12.1 Å². The smallest absolute Gasteiger partial charge is 0.146 e. The van der Waals surface area contributed by atoms with Crippen molar-refractivity contribution in [2.45, 2.75) is 19.9 Å². The van der Waals surface area contributed by atoms with E-state index in [4.69, 9.17) is 27.9 Å². The average Bonchev–Trinajstić information content (AvgIpc) is 2.46. The van der Waals surface area contributed by atoms with Crippen molar-refractivity contribution < 1.29 is 9.13 Å². The van der Waals surface area contributed by atoms with Gasteiger partial charge in [0, 0.05) is 12.6 Å². The fourth-order valence-corrected chi connectivity index (χ4v) is 2.17. The number of rotatable bonds is 6. The quantitative estimate of drug-likeness (QED) is 0.715. The van der Waals surface area contributed by atoms with E-state index in [-0.39, 0.29) is 5.02 Å². The van der Waals surface area contributed by atoms with E-state index in [1.165, 1.54) is 12.1 Å². The van der Waals surface area contributed by atoms with Gasteiger partial charge < -0.3 is 10.1 Å². The first kappa shape index (κ1) is 16.1. The topological polar surface area (TPSA) is 21.3 Å². The fourth-order valence-electron chi connectivity index (χ4n) is 1.81. The lowest BCUT2D eigenvalue weighted by Gasteiger charge is -2.10. The first-order chi connectivity index (χ1) is 10.1. The summed E-state index contributed by atoms with van der Waals surface area (Å²) in [6.45, 7) is 3.82. The van der Waals surface area contributed by atoms with Crippen LogP contribution >= 0.6 is 23.2 Å². The first-order valence-electron chi connectivity index (χ1n) is 6.72. The van der Waals surface area contributed by atoms with Crippen LogP contribution < -0.4 is 10.1 Å². The third-order valence-electron chi connectivity index (χ3n) is 2.87. The Labute approximate surface area is 133 Å². The zero-order chi connectivity index (χ0) is 15.2. The van der Waals surface area contributed by atoms with Gasteiger partial charge in [-0.15, -0.1) is 0 Å². The van der Waals surface area contributed by atoms with Gasteiger partial charge in [-0.25, -0.2) is 4.39 Å². The van der Waals surface area contributed by atoms with Gasteiger partial charge in [0.1, 0.15) is 17.3 Å². The molecule has 0 atom stereocenters. The molecule has 0 saturated carbocycles. The molecule has 0 unspecified atom stereocenters. The standard InChI is InChI=1S/C16H16Cl2FNO/c1-2-7-20-10-11-3-6-16(14(18)8-11)21-12-4-5-13(17)15(19)9-12/h3-6,8-9,20H,2,7,10H2,1H3. The Morgan fingerprint density at radius 3 is 2.57 bits per heavy atom. The Morgan fingerprint density at radius 2 is 1.90 bits per heavy atom. The first-order valence-corrected chi connectivity index (χ1v) is 7.47. The highest BCUT2D eigenvalue weighted by molar-refractivity contribution is 6.32. The number of benzene rings is 2. The van der Waals surface area contributed by atoms with Crippen LogP contribution in [0, 0.1) is 5.82 Å². The summed E-state index contributed by atoms with van der Waals surface area (Å²) >= 11 is 11.8. The maximum absolute atomic E-state index is 13.4. The second-order valence-corrected chi connectivity index (χ2v) is 5.43. The molecule has 1 N–H and O–H groups in total. The van der Waals surface area contributed by atoms with Crippen molar-refractivity contribution in [2.24, 2.45) is 0 Å². The third kappa shape index (κ3) is 4.60. The monoisotopic (exact) mass is 327 g/mol. The average molecular weight is 328 g/mol. The van der Waals surface area contributed by atoms with Crippen molar-refractivity contribution in [1.29, 1.82) is 0 Å². The molecule has 0 spiro atoms. The van der Waals surface area contributed by atoms with E-state index in [9.17, 15) is 4.39 Å². The molecule has 0 aliphatic carbocycles. The zero-order valence-electron chi connectivity index (χ0n) is 11.6. The summed E-state index contributed by atoms with van der Waals surface area (Å²) in [5, 5.41) is 3.85. The minimum Gasteiger partial charge on any atom is -0.456 e. The maximum atomic E-state index is 13.4. The minimum absolute atomic E-state index is 0.0609. The number of hydrogen-bond acceptors (Lipinski definition) is 2. The van der Waals surface area contributed by atoms with E-state index in [0.29, 0.717) is 16.5 Å². The summed E-state index contributed by atoms with van der Waals surface area (Å²) in [6.07, 6.45) is 1.08. The summed E-state index contributed by atoms with van der Waals surface area (Å²) in [7, 11) is 0. The van der Waals surface area contributed by atoms with Crippen LogP contribution in [0.4, 0.5) is 4.39 Å². The molecule has 0 aromatic heterocycles. The molecule has 0 aliphatic rings. The Balaban J connectivity index is 2.08. The normalized spacial score (nSPS) is 10.7. The SMILES string of the molecule is CCCNCc1ccc(Oc2ccc(Cl)c(F)c2)c(Cl)c1. The van der Waals surface area contributed by atoms with Crippen molar-refractivity contribution in [3.8, 4) is 11.5 Å². The number of hydrogen-bond donors (Lipinski definition) is 1.